The second-order valence-electron chi connectivity index (χ2n) is 2.49. The summed E-state index contributed by atoms with van der Waals surface area (Å²) >= 11 is 0. The van der Waals surface area contributed by atoms with Crippen molar-refractivity contribution >= 4 is 5.97 Å². The van der Waals surface area contributed by atoms with E-state index in [1.807, 2.05) is 0 Å². The number of carbonyl (C=O) groups is 1. The molecule has 0 saturated carbocycles. The maximum atomic E-state index is 11.1. The lowest BCUT2D eigenvalue weighted by Gasteiger charge is -2.21. The highest BCUT2D eigenvalue weighted by molar-refractivity contribution is 5.80. The van der Waals surface area contributed by atoms with Crippen molar-refractivity contribution in [1.29, 1.82) is 0 Å². The monoisotopic (exact) mass is 160 g/mol. The van der Waals surface area contributed by atoms with Crippen molar-refractivity contribution in [2.75, 3.05) is 27.4 Å². The number of methoxy groups -OCH3 is 2. The maximum absolute atomic E-state index is 11.1. The lowest BCUT2D eigenvalue weighted by Crippen LogP contribution is -2.42. The van der Waals surface area contributed by atoms with E-state index in [2.05, 4.69) is 4.74 Å². The Bertz CT molecular complexity index is 149. The van der Waals surface area contributed by atoms with E-state index in [9.17, 15) is 4.79 Å². The van der Waals surface area contributed by atoms with Gasteiger partial charge < -0.3 is 14.2 Å². The van der Waals surface area contributed by atoms with Gasteiger partial charge >= 0.3 is 5.97 Å². The minimum Gasteiger partial charge on any atom is -0.467 e. The standard InChI is InChI=1S/C7H12O4/c1-9-6(8)7(10-2)3-4-11-5-7/h3-5H2,1-2H3. The molecule has 64 valence electrons. The summed E-state index contributed by atoms with van der Waals surface area (Å²) in [6, 6.07) is 0. The van der Waals surface area contributed by atoms with Gasteiger partial charge in [-0.2, -0.15) is 0 Å². The number of ether oxygens (including phenoxy) is 3. The first kappa shape index (κ1) is 8.49. The molecular formula is C7H12O4. The Morgan fingerprint density at radius 2 is 2.27 bits per heavy atom. The van der Waals surface area contributed by atoms with Crippen LogP contribution in [0, 0.1) is 0 Å². The van der Waals surface area contributed by atoms with Gasteiger partial charge in [0.2, 0.25) is 0 Å². The van der Waals surface area contributed by atoms with Gasteiger partial charge in [-0.25, -0.2) is 4.79 Å². The lowest BCUT2D eigenvalue weighted by atomic mass is 10.0. The zero-order chi connectivity index (χ0) is 8.32. The van der Waals surface area contributed by atoms with Crippen LogP contribution < -0.4 is 0 Å². The van der Waals surface area contributed by atoms with Crippen LogP contribution in [0.3, 0.4) is 0 Å². The van der Waals surface area contributed by atoms with Crippen LogP contribution in [-0.2, 0) is 19.0 Å². The molecule has 0 bridgehead atoms. The Balaban J connectivity index is 2.66. The fraction of sp³-hybridized carbons (Fsp3) is 0.857. The lowest BCUT2D eigenvalue weighted by molar-refractivity contribution is -0.165. The summed E-state index contributed by atoms with van der Waals surface area (Å²) in [5.41, 5.74) is -0.839. The van der Waals surface area contributed by atoms with Gasteiger partial charge in [-0.3, -0.25) is 0 Å². The third-order valence-electron chi connectivity index (χ3n) is 1.93. The average Bonchev–Trinajstić information content (AvgIpc) is 2.52. The SMILES string of the molecule is COC(=O)C1(OC)CCOC1. The van der Waals surface area contributed by atoms with Crippen molar-refractivity contribution < 1.29 is 19.0 Å². The summed E-state index contributed by atoms with van der Waals surface area (Å²) in [6.45, 7) is 0.860. The molecule has 0 spiro atoms. The number of hydrogen-bond acceptors (Lipinski definition) is 4. The van der Waals surface area contributed by atoms with Gasteiger partial charge in [0.25, 0.3) is 0 Å². The van der Waals surface area contributed by atoms with Gasteiger partial charge in [0, 0.05) is 13.5 Å². The van der Waals surface area contributed by atoms with Crippen LogP contribution in [0.25, 0.3) is 0 Å². The Hall–Kier alpha value is -0.610. The summed E-state index contributed by atoms with van der Waals surface area (Å²) in [6.07, 6.45) is 0.580. The quantitative estimate of drug-likeness (QED) is 0.532. The van der Waals surface area contributed by atoms with E-state index in [1.54, 1.807) is 0 Å². The smallest absolute Gasteiger partial charge is 0.340 e. The molecule has 1 saturated heterocycles. The maximum Gasteiger partial charge on any atom is 0.340 e. The summed E-state index contributed by atoms with van der Waals surface area (Å²) in [4.78, 5) is 11.1. The van der Waals surface area contributed by atoms with Gasteiger partial charge in [-0.15, -0.1) is 0 Å². The Kier molecular flexibility index (Phi) is 2.46. The second-order valence-corrected chi connectivity index (χ2v) is 2.49. The molecule has 11 heavy (non-hydrogen) atoms. The largest absolute Gasteiger partial charge is 0.467 e. The summed E-state index contributed by atoms with van der Waals surface area (Å²) in [5.74, 6) is -0.350. The topological polar surface area (TPSA) is 44.8 Å². The van der Waals surface area contributed by atoms with E-state index >= 15 is 0 Å². The molecule has 4 heteroatoms. The molecule has 0 aromatic carbocycles. The van der Waals surface area contributed by atoms with E-state index in [1.165, 1.54) is 14.2 Å². The van der Waals surface area contributed by atoms with Crippen LogP contribution in [0.1, 0.15) is 6.42 Å². The van der Waals surface area contributed by atoms with Crippen LogP contribution in [-0.4, -0.2) is 39.0 Å². The predicted molar refractivity (Wildman–Crippen MR) is 37.2 cm³/mol. The molecule has 0 aliphatic carbocycles. The first-order valence-corrected chi connectivity index (χ1v) is 3.46. The molecular weight excluding hydrogens is 148 g/mol. The van der Waals surface area contributed by atoms with Crippen molar-refractivity contribution in [3.63, 3.8) is 0 Å². The first-order valence-electron chi connectivity index (χ1n) is 3.46. The van der Waals surface area contributed by atoms with E-state index < -0.39 is 5.60 Å². The van der Waals surface area contributed by atoms with Gasteiger partial charge in [0.15, 0.2) is 5.60 Å². The minimum absolute atomic E-state index is 0.302. The Morgan fingerprint density at radius 3 is 2.64 bits per heavy atom. The number of rotatable bonds is 2. The van der Waals surface area contributed by atoms with Crippen LogP contribution >= 0.6 is 0 Å². The molecule has 1 fully saturated rings. The summed E-state index contributed by atoms with van der Waals surface area (Å²) in [5, 5.41) is 0. The highest BCUT2D eigenvalue weighted by Gasteiger charge is 2.43. The van der Waals surface area contributed by atoms with Crippen molar-refractivity contribution in [1.82, 2.24) is 0 Å². The third-order valence-corrected chi connectivity index (χ3v) is 1.93. The number of esters is 1. The zero-order valence-corrected chi connectivity index (χ0v) is 6.75. The van der Waals surface area contributed by atoms with Crippen LogP contribution in [0.15, 0.2) is 0 Å². The molecule has 1 heterocycles. The normalized spacial score (nSPS) is 30.4. The molecule has 1 rings (SSSR count). The van der Waals surface area contributed by atoms with Gasteiger partial charge in [-0.05, 0) is 0 Å². The van der Waals surface area contributed by atoms with Crippen LogP contribution in [0.5, 0.6) is 0 Å². The van der Waals surface area contributed by atoms with Crippen LogP contribution in [0.2, 0.25) is 0 Å². The number of hydrogen-bond donors (Lipinski definition) is 0. The minimum atomic E-state index is -0.839. The van der Waals surface area contributed by atoms with E-state index in [0.717, 1.165) is 0 Å². The second kappa shape index (κ2) is 3.19. The van der Waals surface area contributed by atoms with Gasteiger partial charge in [-0.1, -0.05) is 0 Å². The molecule has 1 aliphatic heterocycles. The number of carbonyl (C=O) groups excluding carboxylic acids is 1. The fourth-order valence-electron chi connectivity index (χ4n) is 1.14. The summed E-state index contributed by atoms with van der Waals surface area (Å²) < 4.78 is 14.7. The van der Waals surface area contributed by atoms with E-state index in [-0.39, 0.29) is 5.97 Å². The van der Waals surface area contributed by atoms with Crippen molar-refractivity contribution in [2.24, 2.45) is 0 Å². The van der Waals surface area contributed by atoms with E-state index in [0.29, 0.717) is 19.6 Å². The predicted octanol–water partition coefficient (Wildman–Crippen LogP) is -0.0351. The molecule has 0 aromatic rings. The third kappa shape index (κ3) is 1.36. The summed E-state index contributed by atoms with van der Waals surface area (Å²) in [7, 11) is 2.84. The molecule has 0 radical (unpaired) electrons. The molecule has 4 nitrogen and oxygen atoms in total. The zero-order valence-electron chi connectivity index (χ0n) is 6.75. The molecule has 0 amide bonds. The fourth-order valence-corrected chi connectivity index (χ4v) is 1.14. The highest BCUT2D eigenvalue weighted by atomic mass is 16.6. The molecule has 1 unspecified atom stereocenters. The average molecular weight is 160 g/mol. The van der Waals surface area contributed by atoms with Crippen LogP contribution in [0.4, 0.5) is 0 Å². The van der Waals surface area contributed by atoms with Crippen molar-refractivity contribution in [3.05, 3.63) is 0 Å². The highest BCUT2D eigenvalue weighted by Crippen LogP contribution is 2.23. The molecule has 0 aromatic heterocycles. The van der Waals surface area contributed by atoms with Crippen molar-refractivity contribution in [3.8, 4) is 0 Å². The molecule has 0 N–H and O–H groups in total. The van der Waals surface area contributed by atoms with Crippen molar-refractivity contribution in [2.45, 2.75) is 12.0 Å². The van der Waals surface area contributed by atoms with Gasteiger partial charge in [0.05, 0.1) is 20.3 Å². The van der Waals surface area contributed by atoms with E-state index in [4.69, 9.17) is 9.47 Å². The van der Waals surface area contributed by atoms with Gasteiger partial charge in [0.1, 0.15) is 0 Å². The Labute approximate surface area is 65.4 Å². The Morgan fingerprint density at radius 1 is 1.55 bits per heavy atom. The first-order chi connectivity index (χ1) is 5.25. The molecule has 1 aliphatic rings. The molecule has 1 atom stereocenters.